The fourth-order valence-electron chi connectivity index (χ4n) is 2.82. The second-order valence-corrected chi connectivity index (χ2v) is 5.72. The minimum Gasteiger partial charge on any atom is -0.424 e. The zero-order valence-corrected chi connectivity index (χ0v) is 11.5. The van der Waals surface area contributed by atoms with Crippen molar-refractivity contribution in [3.8, 4) is 0 Å². The average Bonchev–Trinajstić information content (AvgIpc) is 2.86. The van der Waals surface area contributed by atoms with E-state index in [0.29, 0.717) is 18.4 Å². The molecule has 4 rings (SSSR count). The summed E-state index contributed by atoms with van der Waals surface area (Å²) in [6.07, 6.45) is 4.61. The molecule has 2 aromatic rings. The minimum atomic E-state index is 0.260. The van der Waals surface area contributed by atoms with Crippen molar-refractivity contribution in [2.24, 2.45) is 0 Å². The van der Waals surface area contributed by atoms with Crippen molar-refractivity contribution < 1.29 is 4.42 Å². The fourth-order valence-corrected chi connectivity index (χ4v) is 2.82. The molecule has 0 amide bonds. The molecule has 1 aliphatic heterocycles. The van der Waals surface area contributed by atoms with Crippen molar-refractivity contribution in [1.82, 2.24) is 30.3 Å². The zero-order chi connectivity index (χ0) is 13.5. The van der Waals surface area contributed by atoms with E-state index in [-0.39, 0.29) is 6.04 Å². The molecule has 106 valence electrons. The number of aromatic amines is 1. The highest BCUT2D eigenvalue weighted by Gasteiger charge is 2.32. The van der Waals surface area contributed by atoms with Crippen molar-refractivity contribution >= 4 is 0 Å². The van der Waals surface area contributed by atoms with E-state index in [2.05, 4.69) is 30.3 Å². The Hall–Kier alpha value is -1.76. The first kappa shape index (κ1) is 12.0. The van der Waals surface area contributed by atoms with Crippen LogP contribution in [-0.2, 0) is 6.54 Å². The van der Waals surface area contributed by atoms with Gasteiger partial charge in [-0.1, -0.05) is 0 Å². The Kier molecular flexibility index (Phi) is 2.80. The Morgan fingerprint density at radius 2 is 2.20 bits per heavy atom. The van der Waals surface area contributed by atoms with Gasteiger partial charge in [-0.05, 0) is 39.2 Å². The molecular formula is C13H18N6O. The van der Waals surface area contributed by atoms with Crippen LogP contribution in [0.3, 0.4) is 0 Å². The SMILES string of the molecule is Cc1nc(C2CCCN2Cc2nnc(C3CC3)o2)n[nH]1. The summed E-state index contributed by atoms with van der Waals surface area (Å²) in [5.41, 5.74) is 0. The molecule has 0 aromatic carbocycles. The van der Waals surface area contributed by atoms with Gasteiger partial charge in [-0.2, -0.15) is 5.10 Å². The Balaban J connectivity index is 1.48. The van der Waals surface area contributed by atoms with Crippen molar-refractivity contribution in [2.45, 2.75) is 51.1 Å². The van der Waals surface area contributed by atoms with E-state index in [1.165, 1.54) is 12.8 Å². The third kappa shape index (κ3) is 2.22. The maximum Gasteiger partial charge on any atom is 0.230 e. The molecule has 20 heavy (non-hydrogen) atoms. The van der Waals surface area contributed by atoms with Gasteiger partial charge in [0.25, 0.3) is 0 Å². The van der Waals surface area contributed by atoms with Crippen molar-refractivity contribution in [1.29, 1.82) is 0 Å². The molecule has 1 atom stereocenters. The van der Waals surface area contributed by atoms with Crippen LogP contribution in [0.4, 0.5) is 0 Å². The molecule has 1 saturated carbocycles. The summed E-state index contributed by atoms with van der Waals surface area (Å²) in [5.74, 6) is 3.78. The summed E-state index contributed by atoms with van der Waals surface area (Å²) < 4.78 is 5.75. The van der Waals surface area contributed by atoms with Crippen LogP contribution in [0.25, 0.3) is 0 Å². The Morgan fingerprint density at radius 1 is 1.30 bits per heavy atom. The number of hydrogen-bond acceptors (Lipinski definition) is 6. The molecule has 2 aromatic heterocycles. The Labute approximate surface area is 116 Å². The Morgan fingerprint density at radius 3 is 2.95 bits per heavy atom. The van der Waals surface area contributed by atoms with Crippen molar-refractivity contribution in [3.05, 3.63) is 23.4 Å². The van der Waals surface area contributed by atoms with Gasteiger partial charge in [0, 0.05) is 5.92 Å². The lowest BCUT2D eigenvalue weighted by Crippen LogP contribution is -2.23. The summed E-state index contributed by atoms with van der Waals surface area (Å²) in [7, 11) is 0. The van der Waals surface area contributed by atoms with Crippen LogP contribution in [-0.4, -0.2) is 36.8 Å². The number of hydrogen-bond donors (Lipinski definition) is 1. The van der Waals surface area contributed by atoms with Crippen LogP contribution in [0.1, 0.15) is 61.1 Å². The van der Waals surface area contributed by atoms with E-state index in [9.17, 15) is 0 Å². The number of likely N-dealkylation sites (tertiary alicyclic amines) is 1. The molecule has 0 spiro atoms. The predicted octanol–water partition coefficient (Wildman–Crippen LogP) is 1.71. The number of aryl methyl sites for hydroxylation is 1. The van der Waals surface area contributed by atoms with Crippen LogP contribution < -0.4 is 0 Å². The van der Waals surface area contributed by atoms with Crippen LogP contribution in [0.5, 0.6) is 0 Å². The first-order valence-corrected chi connectivity index (χ1v) is 7.25. The number of rotatable bonds is 4. The number of aromatic nitrogens is 5. The van der Waals surface area contributed by atoms with Gasteiger partial charge in [-0.25, -0.2) is 4.98 Å². The molecule has 0 bridgehead atoms. The third-order valence-corrected chi connectivity index (χ3v) is 4.02. The third-order valence-electron chi connectivity index (χ3n) is 4.02. The van der Waals surface area contributed by atoms with E-state index in [1.807, 2.05) is 6.92 Å². The van der Waals surface area contributed by atoms with Gasteiger partial charge in [-0.3, -0.25) is 10.00 Å². The highest BCUT2D eigenvalue weighted by Crippen LogP contribution is 2.39. The molecule has 2 aliphatic rings. The van der Waals surface area contributed by atoms with E-state index in [4.69, 9.17) is 4.42 Å². The number of H-pyrrole nitrogens is 1. The molecular weight excluding hydrogens is 256 g/mol. The summed E-state index contributed by atoms with van der Waals surface area (Å²) in [6, 6.07) is 0.260. The van der Waals surface area contributed by atoms with Crippen LogP contribution >= 0.6 is 0 Å². The van der Waals surface area contributed by atoms with Gasteiger partial charge in [0.05, 0.1) is 12.6 Å². The quantitative estimate of drug-likeness (QED) is 0.913. The molecule has 1 unspecified atom stereocenters. The minimum absolute atomic E-state index is 0.260. The normalized spacial score (nSPS) is 23.6. The van der Waals surface area contributed by atoms with Crippen LogP contribution in [0, 0.1) is 6.92 Å². The Bertz CT molecular complexity index is 602. The summed E-state index contributed by atoms with van der Waals surface area (Å²) in [5, 5.41) is 15.5. The zero-order valence-electron chi connectivity index (χ0n) is 11.5. The molecule has 1 aliphatic carbocycles. The van der Waals surface area contributed by atoms with Gasteiger partial charge in [0.2, 0.25) is 11.8 Å². The lowest BCUT2D eigenvalue weighted by molar-refractivity contribution is 0.214. The van der Waals surface area contributed by atoms with E-state index >= 15 is 0 Å². The van der Waals surface area contributed by atoms with Crippen LogP contribution in [0.15, 0.2) is 4.42 Å². The largest absolute Gasteiger partial charge is 0.424 e. The van der Waals surface area contributed by atoms with Gasteiger partial charge >= 0.3 is 0 Å². The van der Waals surface area contributed by atoms with Gasteiger partial charge < -0.3 is 4.42 Å². The maximum atomic E-state index is 5.75. The summed E-state index contributed by atoms with van der Waals surface area (Å²) in [4.78, 5) is 6.78. The molecule has 7 nitrogen and oxygen atoms in total. The van der Waals surface area contributed by atoms with E-state index < -0.39 is 0 Å². The summed E-state index contributed by atoms with van der Waals surface area (Å²) >= 11 is 0. The maximum absolute atomic E-state index is 5.75. The van der Waals surface area contributed by atoms with Gasteiger partial charge in [0.15, 0.2) is 5.82 Å². The summed E-state index contributed by atoms with van der Waals surface area (Å²) in [6.45, 7) is 3.65. The number of nitrogens with one attached hydrogen (secondary N) is 1. The molecule has 1 saturated heterocycles. The lowest BCUT2D eigenvalue weighted by Gasteiger charge is -2.19. The predicted molar refractivity (Wildman–Crippen MR) is 69.8 cm³/mol. The molecule has 3 heterocycles. The average molecular weight is 274 g/mol. The second kappa shape index (κ2) is 4.66. The van der Waals surface area contributed by atoms with Crippen molar-refractivity contribution in [2.75, 3.05) is 6.54 Å². The van der Waals surface area contributed by atoms with Gasteiger partial charge in [0.1, 0.15) is 5.82 Å². The first-order valence-electron chi connectivity index (χ1n) is 7.25. The number of nitrogens with zero attached hydrogens (tertiary/aromatic N) is 5. The first-order chi connectivity index (χ1) is 9.79. The van der Waals surface area contributed by atoms with Crippen LogP contribution in [0.2, 0.25) is 0 Å². The van der Waals surface area contributed by atoms with E-state index in [0.717, 1.165) is 36.9 Å². The second-order valence-electron chi connectivity index (χ2n) is 5.72. The smallest absolute Gasteiger partial charge is 0.230 e. The molecule has 7 heteroatoms. The lowest BCUT2D eigenvalue weighted by atomic mass is 10.2. The van der Waals surface area contributed by atoms with E-state index in [1.54, 1.807) is 0 Å². The molecule has 1 N–H and O–H groups in total. The molecule has 2 fully saturated rings. The van der Waals surface area contributed by atoms with Gasteiger partial charge in [-0.15, -0.1) is 10.2 Å². The standard InChI is InChI=1S/C13H18N6O/c1-8-14-12(17-15-8)10-3-2-6-19(10)7-11-16-18-13(20-11)9-4-5-9/h9-10H,2-7H2,1H3,(H,14,15,17). The highest BCUT2D eigenvalue weighted by molar-refractivity contribution is 5.02. The topological polar surface area (TPSA) is 83.7 Å². The highest BCUT2D eigenvalue weighted by atomic mass is 16.4. The fraction of sp³-hybridized carbons (Fsp3) is 0.692. The molecule has 0 radical (unpaired) electrons. The van der Waals surface area contributed by atoms with Crippen molar-refractivity contribution in [3.63, 3.8) is 0 Å². The monoisotopic (exact) mass is 274 g/mol.